The third-order valence-electron chi connectivity index (χ3n) is 4.86. The van der Waals surface area contributed by atoms with Crippen molar-refractivity contribution in [2.75, 3.05) is 13.1 Å². The van der Waals surface area contributed by atoms with E-state index in [2.05, 4.69) is 12.1 Å². The Morgan fingerprint density at radius 1 is 1.29 bits per heavy atom. The van der Waals surface area contributed by atoms with Crippen LogP contribution in [0.25, 0.3) is 0 Å². The van der Waals surface area contributed by atoms with Crippen molar-refractivity contribution < 1.29 is 14.7 Å². The van der Waals surface area contributed by atoms with Gasteiger partial charge in [0.25, 0.3) is 0 Å². The smallest absolute Gasteiger partial charge is 0.311 e. The van der Waals surface area contributed by atoms with Gasteiger partial charge in [0.2, 0.25) is 5.91 Å². The first-order valence-electron chi connectivity index (χ1n) is 7.58. The summed E-state index contributed by atoms with van der Waals surface area (Å²) in [5.74, 6) is -0.299. The molecule has 112 valence electrons. The van der Waals surface area contributed by atoms with Crippen molar-refractivity contribution in [2.24, 2.45) is 11.3 Å². The molecule has 1 aliphatic carbocycles. The molecule has 0 radical (unpaired) electrons. The summed E-state index contributed by atoms with van der Waals surface area (Å²) in [4.78, 5) is 25.7. The largest absolute Gasteiger partial charge is 0.481 e. The molecular weight excluding hydrogens is 266 g/mol. The Labute approximate surface area is 124 Å². The number of amides is 1. The summed E-state index contributed by atoms with van der Waals surface area (Å²) < 4.78 is 0. The summed E-state index contributed by atoms with van der Waals surface area (Å²) in [6.07, 6.45) is 2.32. The molecule has 0 bridgehead atoms. The van der Waals surface area contributed by atoms with Gasteiger partial charge in [-0.3, -0.25) is 9.59 Å². The van der Waals surface area contributed by atoms with E-state index in [4.69, 9.17) is 0 Å². The van der Waals surface area contributed by atoms with E-state index in [0.29, 0.717) is 25.4 Å². The van der Waals surface area contributed by atoms with Crippen molar-refractivity contribution in [3.63, 3.8) is 0 Å². The van der Waals surface area contributed by atoms with Gasteiger partial charge >= 0.3 is 5.97 Å². The summed E-state index contributed by atoms with van der Waals surface area (Å²) in [5, 5.41) is 9.34. The van der Waals surface area contributed by atoms with Crippen LogP contribution in [0.3, 0.4) is 0 Å². The monoisotopic (exact) mass is 287 g/mol. The molecule has 0 spiro atoms. The summed E-state index contributed by atoms with van der Waals surface area (Å²) in [6.45, 7) is 2.79. The molecule has 2 fully saturated rings. The van der Waals surface area contributed by atoms with E-state index in [-0.39, 0.29) is 11.8 Å². The van der Waals surface area contributed by atoms with Gasteiger partial charge in [-0.05, 0) is 37.7 Å². The summed E-state index contributed by atoms with van der Waals surface area (Å²) in [5.41, 5.74) is 0.430. The Bertz CT molecular complexity index is 556. The fourth-order valence-electron chi connectivity index (χ4n) is 3.37. The summed E-state index contributed by atoms with van der Waals surface area (Å²) in [6, 6.07) is 10.1. The van der Waals surface area contributed by atoms with Gasteiger partial charge in [0.05, 0.1) is 5.41 Å². The number of hydrogen-bond donors (Lipinski definition) is 1. The van der Waals surface area contributed by atoms with Gasteiger partial charge in [-0.2, -0.15) is 0 Å². The van der Waals surface area contributed by atoms with Gasteiger partial charge in [0.15, 0.2) is 0 Å². The topological polar surface area (TPSA) is 57.6 Å². The minimum absolute atomic E-state index is 0.0449. The molecule has 1 saturated heterocycles. The predicted molar refractivity (Wildman–Crippen MR) is 78.8 cm³/mol. The van der Waals surface area contributed by atoms with Crippen LogP contribution in [0.2, 0.25) is 0 Å². The van der Waals surface area contributed by atoms with E-state index in [9.17, 15) is 14.7 Å². The fourth-order valence-corrected chi connectivity index (χ4v) is 3.37. The van der Waals surface area contributed by atoms with Gasteiger partial charge in [-0.25, -0.2) is 0 Å². The Hall–Kier alpha value is -1.84. The summed E-state index contributed by atoms with van der Waals surface area (Å²) in [7, 11) is 0. The van der Waals surface area contributed by atoms with Crippen LogP contribution in [0.4, 0.5) is 0 Å². The molecule has 1 heterocycles. The quantitative estimate of drug-likeness (QED) is 0.929. The molecule has 1 aromatic rings. The molecule has 1 aromatic carbocycles. The van der Waals surface area contributed by atoms with Crippen LogP contribution in [-0.2, 0) is 9.59 Å². The molecule has 3 rings (SSSR count). The molecule has 2 aliphatic rings. The number of carbonyl (C=O) groups is 2. The van der Waals surface area contributed by atoms with E-state index in [0.717, 1.165) is 12.8 Å². The van der Waals surface area contributed by atoms with Crippen LogP contribution in [0.1, 0.15) is 37.7 Å². The van der Waals surface area contributed by atoms with E-state index in [1.807, 2.05) is 18.2 Å². The maximum absolute atomic E-state index is 12.6. The number of piperidine rings is 1. The van der Waals surface area contributed by atoms with Crippen LogP contribution in [0, 0.1) is 11.3 Å². The third-order valence-corrected chi connectivity index (χ3v) is 4.86. The molecule has 0 aromatic heterocycles. The number of likely N-dealkylation sites (tertiary alicyclic amines) is 1. The zero-order valence-electron chi connectivity index (χ0n) is 12.3. The average Bonchev–Trinajstić information content (AvgIpc) is 3.28. The van der Waals surface area contributed by atoms with Gasteiger partial charge < -0.3 is 10.0 Å². The molecule has 3 atom stereocenters. The minimum atomic E-state index is -0.796. The number of carbonyl (C=O) groups excluding carboxylic acids is 1. The van der Waals surface area contributed by atoms with Crippen molar-refractivity contribution in [1.82, 2.24) is 4.90 Å². The molecule has 1 amide bonds. The first-order chi connectivity index (χ1) is 10.0. The maximum atomic E-state index is 12.6. The molecule has 1 N–H and O–H groups in total. The molecule has 1 saturated carbocycles. The van der Waals surface area contributed by atoms with Crippen LogP contribution in [0.5, 0.6) is 0 Å². The van der Waals surface area contributed by atoms with Crippen LogP contribution in [0.15, 0.2) is 30.3 Å². The highest BCUT2D eigenvalue weighted by Crippen LogP contribution is 2.49. The van der Waals surface area contributed by atoms with Crippen LogP contribution in [-0.4, -0.2) is 35.0 Å². The molecule has 21 heavy (non-hydrogen) atoms. The van der Waals surface area contributed by atoms with Crippen molar-refractivity contribution in [3.05, 3.63) is 35.9 Å². The summed E-state index contributed by atoms with van der Waals surface area (Å²) >= 11 is 0. The SMILES string of the molecule is CC1(C(=O)O)CCCN(C(=O)C2CC2c2ccccc2)C1. The Morgan fingerprint density at radius 3 is 2.67 bits per heavy atom. The number of benzene rings is 1. The lowest BCUT2D eigenvalue weighted by molar-refractivity contribution is -0.153. The highest BCUT2D eigenvalue weighted by atomic mass is 16.4. The van der Waals surface area contributed by atoms with E-state index in [1.54, 1.807) is 11.8 Å². The van der Waals surface area contributed by atoms with Crippen molar-refractivity contribution in [2.45, 2.75) is 32.1 Å². The second-order valence-corrected chi connectivity index (χ2v) is 6.59. The number of carboxylic acids is 1. The lowest BCUT2D eigenvalue weighted by Gasteiger charge is -2.37. The molecule has 1 aliphatic heterocycles. The van der Waals surface area contributed by atoms with E-state index < -0.39 is 11.4 Å². The van der Waals surface area contributed by atoms with Crippen molar-refractivity contribution in [1.29, 1.82) is 0 Å². The second-order valence-electron chi connectivity index (χ2n) is 6.59. The lowest BCUT2D eigenvalue weighted by Crippen LogP contribution is -2.49. The maximum Gasteiger partial charge on any atom is 0.311 e. The first-order valence-corrected chi connectivity index (χ1v) is 7.58. The Morgan fingerprint density at radius 2 is 2.00 bits per heavy atom. The number of aliphatic carboxylic acids is 1. The highest BCUT2D eigenvalue weighted by molar-refractivity contribution is 5.84. The van der Waals surface area contributed by atoms with Crippen molar-refractivity contribution in [3.8, 4) is 0 Å². The average molecular weight is 287 g/mol. The number of nitrogens with zero attached hydrogens (tertiary/aromatic N) is 1. The second kappa shape index (κ2) is 5.17. The highest BCUT2D eigenvalue weighted by Gasteiger charge is 2.48. The molecule has 4 heteroatoms. The van der Waals surface area contributed by atoms with Crippen LogP contribution < -0.4 is 0 Å². The number of carboxylic acid groups (broad SMARTS) is 1. The number of rotatable bonds is 3. The van der Waals surface area contributed by atoms with E-state index >= 15 is 0 Å². The predicted octanol–water partition coefficient (Wildman–Crippen LogP) is 2.50. The minimum Gasteiger partial charge on any atom is -0.481 e. The normalized spacial score (nSPS) is 31.8. The van der Waals surface area contributed by atoms with E-state index in [1.165, 1.54) is 5.56 Å². The Kier molecular flexibility index (Phi) is 3.47. The number of hydrogen-bond acceptors (Lipinski definition) is 2. The Balaban J connectivity index is 1.66. The van der Waals surface area contributed by atoms with Gasteiger partial charge in [-0.15, -0.1) is 0 Å². The van der Waals surface area contributed by atoms with Gasteiger partial charge in [0, 0.05) is 19.0 Å². The first kappa shape index (κ1) is 14.1. The van der Waals surface area contributed by atoms with Crippen molar-refractivity contribution >= 4 is 11.9 Å². The zero-order valence-corrected chi connectivity index (χ0v) is 12.3. The molecular formula is C17H21NO3. The van der Waals surface area contributed by atoms with Gasteiger partial charge in [-0.1, -0.05) is 30.3 Å². The van der Waals surface area contributed by atoms with Gasteiger partial charge in [0.1, 0.15) is 0 Å². The third kappa shape index (κ3) is 2.67. The zero-order chi connectivity index (χ0) is 15.0. The lowest BCUT2D eigenvalue weighted by atomic mass is 9.82. The molecule has 4 nitrogen and oxygen atoms in total. The standard InChI is InChI=1S/C17H21NO3/c1-17(16(20)21)8-5-9-18(11-17)15(19)14-10-13(14)12-6-3-2-4-7-12/h2-4,6-7,13-14H,5,8-11H2,1H3,(H,20,21). The fraction of sp³-hybridized carbons (Fsp3) is 0.529. The molecule has 3 unspecified atom stereocenters. The van der Waals surface area contributed by atoms with Crippen LogP contribution >= 0.6 is 0 Å².